The fourth-order valence-corrected chi connectivity index (χ4v) is 3.89. The highest BCUT2D eigenvalue weighted by Gasteiger charge is 2.15. The van der Waals surface area contributed by atoms with Crippen LogP contribution in [0.2, 0.25) is 0 Å². The van der Waals surface area contributed by atoms with E-state index in [1.807, 2.05) is 77.4 Å². The molecule has 4 aromatic rings. The number of rotatable bonds is 7. The van der Waals surface area contributed by atoms with Gasteiger partial charge in [0.25, 0.3) is 0 Å². The second-order valence-corrected chi connectivity index (χ2v) is 7.38. The number of hydrogen-bond donors (Lipinski definition) is 1. The highest BCUT2D eigenvalue weighted by atomic mass is 32.2. The van der Waals surface area contributed by atoms with Crippen LogP contribution in [0.15, 0.2) is 90.6 Å². The number of carbonyl (C=O) groups excluding carboxylic acids is 1. The molecule has 1 N–H and O–H groups in total. The summed E-state index contributed by atoms with van der Waals surface area (Å²) < 4.78 is 1.97. The highest BCUT2D eigenvalue weighted by molar-refractivity contribution is 7.99. The Hall–Kier alpha value is -3.38. The van der Waals surface area contributed by atoms with Gasteiger partial charge >= 0.3 is 0 Å². The standard InChI is InChI=1S/C23H20N4OS/c1-2-15-27-22(18-10-4-3-5-11-18)25-26-23(27)29-16-21(28)24-20-14-8-12-17-9-6-7-13-19(17)20/h2-14H,1,15-16H2,(H,24,28). The van der Waals surface area contributed by atoms with Crippen molar-refractivity contribution >= 4 is 34.1 Å². The molecule has 144 valence electrons. The summed E-state index contributed by atoms with van der Waals surface area (Å²) in [5, 5.41) is 14.4. The molecule has 6 heteroatoms. The number of carbonyl (C=O) groups is 1. The average molecular weight is 401 g/mol. The molecule has 0 aliphatic rings. The van der Waals surface area contributed by atoms with Crippen molar-refractivity contribution in [3.05, 3.63) is 85.5 Å². The predicted molar refractivity (Wildman–Crippen MR) is 119 cm³/mol. The van der Waals surface area contributed by atoms with Gasteiger partial charge in [-0.15, -0.1) is 16.8 Å². The van der Waals surface area contributed by atoms with Crippen LogP contribution < -0.4 is 5.32 Å². The van der Waals surface area contributed by atoms with Crippen LogP contribution in [-0.2, 0) is 11.3 Å². The number of nitrogens with one attached hydrogen (secondary N) is 1. The van der Waals surface area contributed by atoms with Crippen LogP contribution in [0.25, 0.3) is 22.2 Å². The zero-order valence-electron chi connectivity index (χ0n) is 15.8. The number of fused-ring (bicyclic) bond motifs is 1. The van der Waals surface area contributed by atoms with Gasteiger partial charge in [-0.05, 0) is 11.5 Å². The summed E-state index contributed by atoms with van der Waals surface area (Å²) in [5.74, 6) is 0.927. The van der Waals surface area contributed by atoms with Crippen molar-refractivity contribution in [2.75, 3.05) is 11.1 Å². The van der Waals surface area contributed by atoms with E-state index in [2.05, 4.69) is 22.1 Å². The third-order valence-electron chi connectivity index (χ3n) is 4.46. The zero-order valence-corrected chi connectivity index (χ0v) is 16.6. The maximum atomic E-state index is 12.6. The largest absolute Gasteiger partial charge is 0.325 e. The van der Waals surface area contributed by atoms with Gasteiger partial charge in [-0.1, -0.05) is 84.6 Å². The lowest BCUT2D eigenvalue weighted by atomic mass is 10.1. The van der Waals surface area contributed by atoms with E-state index in [9.17, 15) is 4.79 Å². The molecule has 0 fully saturated rings. The smallest absolute Gasteiger partial charge is 0.234 e. The second-order valence-electron chi connectivity index (χ2n) is 6.44. The van der Waals surface area contributed by atoms with Gasteiger partial charge in [0.2, 0.25) is 5.91 Å². The number of anilines is 1. The molecule has 3 aromatic carbocycles. The number of hydrogen-bond acceptors (Lipinski definition) is 4. The van der Waals surface area contributed by atoms with E-state index in [0.717, 1.165) is 27.8 Å². The molecule has 0 aliphatic carbocycles. The Morgan fingerprint density at radius 2 is 1.76 bits per heavy atom. The summed E-state index contributed by atoms with van der Waals surface area (Å²) in [6, 6.07) is 23.8. The molecule has 0 radical (unpaired) electrons. The van der Waals surface area contributed by atoms with E-state index >= 15 is 0 Å². The molecular formula is C23H20N4OS. The van der Waals surface area contributed by atoms with Crippen LogP contribution >= 0.6 is 11.8 Å². The van der Waals surface area contributed by atoms with Gasteiger partial charge in [-0.2, -0.15) is 0 Å². The summed E-state index contributed by atoms with van der Waals surface area (Å²) in [6.45, 7) is 4.40. The van der Waals surface area contributed by atoms with Crippen molar-refractivity contribution in [2.45, 2.75) is 11.7 Å². The van der Waals surface area contributed by atoms with Crippen molar-refractivity contribution in [1.82, 2.24) is 14.8 Å². The second kappa shape index (κ2) is 8.75. The van der Waals surface area contributed by atoms with Crippen LogP contribution in [0.5, 0.6) is 0 Å². The number of amides is 1. The minimum Gasteiger partial charge on any atom is -0.325 e. The molecule has 1 amide bonds. The first-order valence-electron chi connectivity index (χ1n) is 9.26. The van der Waals surface area contributed by atoms with Crippen LogP contribution in [0.4, 0.5) is 5.69 Å². The number of benzene rings is 3. The van der Waals surface area contributed by atoms with Gasteiger partial charge in [-0.3, -0.25) is 9.36 Å². The lowest BCUT2D eigenvalue weighted by Gasteiger charge is -2.09. The van der Waals surface area contributed by atoms with Crippen LogP contribution in [0.3, 0.4) is 0 Å². The first kappa shape index (κ1) is 19.0. The van der Waals surface area contributed by atoms with Crippen LogP contribution in [0.1, 0.15) is 0 Å². The average Bonchev–Trinajstić information content (AvgIpc) is 3.16. The lowest BCUT2D eigenvalue weighted by molar-refractivity contribution is -0.113. The van der Waals surface area contributed by atoms with Crippen molar-refractivity contribution in [2.24, 2.45) is 0 Å². The highest BCUT2D eigenvalue weighted by Crippen LogP contribution is 2.26. The summed E-state index contributed by atoms with van der Waals surface area (Å²) in [5.41, 5.74) is 1.79. The van der Waals surface area contributed by atoms with E-state index in [1.165, 1.54) is 11.8 Å². The van der Waals surface area contributed by atoms with Gasteiger partial charge in [0.15, 0.2) is 11.0 Å². The summed E-state index contributed by atoms with van der Waals surface area (Å²) >= 11 is 1.36. The zero-order chi connectivity index (χ0) is 20.1. The number of allylic oxidation sites excluding steroid dienone is 1. The molecule has 0 spiro atoms. The molecule has 29 heavy (non-hydrogen) atoms. The molecule has 0 saturated carbocycles. The van der Waals surface area contributed by atoms with Gasteiger partial charge in [0.1, 0.15) is 0 Å². The van der Waals surface area contributed by atoms with E-state index < -0.39 is 0 Å². The van der Waals surface area contributed by atoms with E-state index in [0.29, 0.717) is 11.7 Å². The van der Waals surface area contributed by atoms with Crippen LogP contribution in [0, 0.1) is 0 Å². The van der Waals surface area contributed by atoms with Gasteiger partial charge in [0, 0.05) is 23.2 Å². The first-order valence-corrected chi connectivity index (χ1v) is 10.2. The van der Waals surface area contributed by atoms with E-state index in [-0.39, 0.29) is 11.7 Å². The molecule has 4 rings (SSSR count). The molecular weight excluding hydrogens is 380 g/mol. The molecule has 0 atom stereocenters. The quantitative estimate of drug-likeness (QED) is 0.350. The minimum absolute atomic E-state index is 0.0826. The number of aromatic nitrogens is 3. The Balaban J connectivity index is 1.49. The summed E-state index contributed by atoms with van der Waals surface area (Å²) in [7, 11) is 0. The van der Waals surface area contributed by atoms with Crippen LogP contribution in [-0.4, -0.2) is 26.4 Å². The molecule has 1 aromatic heterocycles. The third kappa shape index (κ3) is 4.22. The number of nitrogens with zero attached hydrogens (tertiary/aromatic N) is 3. The van der Waals surface area contributed by atoms with Crippen molar-refractivity contribution < 1.29 is 4.79 Å². The Labute approximate surface area is 173 Å². The fraction of sp³-hybridized carbons (Fsp3) is 0.0870. The molecule has 0 unspecified atom stereocenters. The summed E-state index contributed by atoms with van der Waals surface area (Å²) in [4.78, 5) is 12.6. The molecule has 1 heterocycles. The van der Waals surface area contributed by atoms with Gasteiger partial charge in [-0.25, -0.2) is 0 Å². The maximum absolute atomic E-state index is 12.6. The van der Waals surface area contributed by atoms with Crippen molar-refractivity contribution in [1.29, 1.82) is 0 Å². The Bertz CT molecular complexity index is 1150. The predicted octanol–water partition coefficient (Wildman–Crippen LogP) is 5.02. The Morgan fingerprint density at radius 3 is 2.59 bits per heavy atom. The van der Waals surface area contributed by atoms with E-state index in [4.69, 9.17) is 0 Å². The first-order chi connectivity index (χ1) is 14.3. The monoisotopic (exact) mass is 400 g/mol. The number of thioether (sulfide) groups is 1. The van der Waals surface area contributed by atoms with Crippen molar-refractivity contribution in [3.8, 4) is 11.4 Å². The molecule has 0 aliphatic heterocycles. The van der Waals surface area contributed by atoms with Gasteiger partial charge < -0.3 is 5.32 Å². The normalized spacial score (nSPS) is 10.8. The lowest BCUT2D eigenvalue weighted by Crippen LogP contribution is -2.15. The van der Waals surface area contributed by atoms with Gasteiger partial charge in [0.05, 0.1) is 5.75 Å². The molecule has 5 nitrogen and oxygen atoms in total. The molecule has 0 saturated heterocycles. The minimum atomic E-state index is -0.0826. The summed E-state index contributed by atoms with van der Waals surface area (Å²) in [6.07, 6.45) is 1.80. The third-order valence-corrected chi connectivity index (χ3v) is 5.42. The van der Waals surface area contributed by atoms with E-state index in [1.54, 1.807) is 6.08 Å². The Kier molecular flexibility index (Phi) is 5.72. The fourth-order valence-electron chi connectivity index (χ4n) is 3.14. The van der Waals surface area contributed by atoms with Crippen molar-refractivity contribution in [3.63, 3.8) is 0 Å². The maximum Gasteiger partial charge on any atom is 0.234 e. The molecule has 0 bridgehead atoms. The Morgan fingerprint density at radius 1 is 1.00 bits per heavy atom. The SMILES string of the molecule is C=CCn1c(SCC(=O)Nc2cccc3ccccc23)nnc1-c1ccccc1. The topological polar surface area (TPSA) is 59.8 Å².